The molecule has 1 aliphatic rings. The summed E-state index contributed by atoms with van der Waals surface area (Å²) in [6.07, 6.45) is 1.10. The monoisotopic (exact) mass is 353 g/mol. The molecule has 2 N–H and O–H groups in total. The van der Waals surface area contributed by atoms with Crippen LogP contribution in [0.25, 0.3) is 0 Å². The van der Waals surface area contributed by atoms with Gasteiger partial charge in [0.05, 0.1) is 19.2 Å². The van der Waals surface area contributed by atoms with E-state index in [4.69, 9.17) is 36.1 Å². The summed E-state index contributed by atoms with van der Waals surface area (Å²) in [5.41, 5.74) is 6.58. The van der Waals surface area contributed by atoms with Crippen molar-refractivity contribution in [2.45, 2.75) is 18.9 Å². The molecule has 2 aromatic rings. The zero-order chi connectivity index (χ0) is 17.1. The Kier molecular flexibility index (Phi) is 5.23. The lowest BCUT2D eigenvalue weighted by atomic mass is 10.0. The lowest BCUT2D eigenvalue weighted by molar-refractivity contribution is 0.0642. The van der Waals surface area contributed by atoms with Crippen molar-refractivity contribution in [3.63, 3.8) is 0 Å². The summed E-state index contributed by atoms with van der Waals surface area (Å²) in [4.78, 5) is 4.44. The molecule has 2 atom stereocenters. The number of aromatic nitrogens is 2. The molecule has 24 heavy (non-hydrogen) atoms. The molecule has 0 radical (unpaired) electrons. The second-order valence-electron chi connectivity index (χ2n) is 5.58. The second-order valence-corrected chi connectivity index (χ2v) is 5.95. The van der Waals surface area contributed by atoms with E-state index < -0.39 is 0 Å². The van der Waals surface area contributed by atoms with Crippen molar-refractivity contribution in [1.82, 2.24) is 10.1 Å². The third-order valence-electron chi connectivity index (χ3n) is 4.16. The number of hydrogen-bond acceptors (Lipinski definition) is 7. The Bertz CT molecular complexity index is 707. The van der Waals surface area contributed by atoms with E-state index in [1.165, 1.54) is 0 Å². The molecule has 0 amide bonds. The predicted molar refractivity (Wildman–Crippen MR) is 87.5 cm³/mol. The zero-order valence-electron chi connectivity index (χ0n) is 13.6. The standard InChI is InChI=1S/C16H20ClN3O4/c1-21-11-4-3-9(13(17)15(11)22-2)7-12-19-16(24-20-12)14-10(8-18)5-6-23-14/h3-4,10,14H,5-8,18H2,1-2H3/t10-,14-/m0/s1. The van der Waals surface area contributed by atoms with Gasteiger partial charge in [-0.3, -0.25) is 0 Å². The van der Waals surface area contributed by atoms with Crippen molar-refractivity contribution in [3.8, 4) is 11.5 Å². The first-order valence-electron chi connectivity index (χ1n) is 7.71. The van der Waals surface area contributed by atoms with Crippen LogP contribution in [0.4, 0.5) is 0 Å². The SMILES string of the molecule is COc1ccc(Cc2noc([C@H]3OCC[C@H]3CN)n2)c(Cl)c1OC. The molecule has 0 aliphatic carbocycles. The Morgan fingerprint density at radius 2 is 2.17 bits per heavy atom. The molecule has 0 bridgehead atoms. The Balaban J connectivity index is 1.80. The maximum Gasteiger partial charge on any atom is 0.256 e. The second kappa shape index (κ2) is 7.38. The maximum absolute atomic E-state index is 6.39. The number of methoxy groups -OCH3 is 2. The smallest absolute Gasteiger partial charge is 0.256 e. The molecule has 1 saturated heterocycles. The summed E-state index contributed by atoms with van der Waals surface area (Å²) in [5.74, 6) is 2.27. The van der Waals surface area contributed by atoms with Gasteiger partial charge in [0.15, 0.2) is 17.3 Å². The van der Waals surface area contributed by atoms with Crippen molar-refractivity contribution in [3.05, 3.63) is 34.4 Å². The first kappa shape index (κ1) is 17.0. The summed E-state index contributed by atoms with van der Waals surface area (Å²) >= 11 is 6.39. The third kappa shape index (κ3) is 3.19. The highest BCUT2D eigenvalue weighted by Gasteiger charge is 2.33. The molecular formula is C16H20ClN3O4. The van der Waals surface area contributed by atoms with Crippen LogP contribution in [0.2, 0.25) is 5.02 Å². The number of halogens is 1. The normalized spacial score (nSPS) is 20.3. The van der Waals surface area contributed by atoms with Gasteiger partial charge in [-0.1, -0.05) is 22.8 Å². The minimum atomic E-state index is -0.225. The largest absolute Gasteiger partial charge is 0.493 e. The molecule has 1 fully saturated rings. The van der Waals surface area contributed by atoms with E-state index in [0.29, 0.717) is 47.8 Å². The maximum atomic E-state index is 6.39. The number of nitrogens with two attached hydrogens (primary N) is 1. The molecule has 3 rings (SSSR count). The van der Waals surface area contributed by atoms with Crippen LogP contribution in [-0.2, 0) is 11.2 Å². The topological polar surface area (TPSA) is 92.6 Å². The first-order valence-corrected chi connectivity index (χ1v) is 8.09. The average molecular weight is 354 g/mol. The van der Waals surface area contributed by atoms with Crippen LogP contribution in [0.15, 0.2) is 16.7 Å². The van der Waals surface area contributed by atoms with E-state index in [-0.39, 0.29) is 12.0 Å². The van der Waals surface area contributed by atoms with Gasteiger partial charge in [0.1, 0.15) is 6.10 Å². The first-order chi connectivity index (χ1) is 11.7. The van der Waals surface area contributed by atoms with Crippen LogP contribution in [0.5, 0.6) is 11.5 Å². The lowest BCUT2D eigenvalue weighted by Crippen LogP contribution is -2.18. The minimum Gasteiger partial charge on any atom is -0.493 e. The van der Waals surface area contributed by atoms with Crippen LogP contribution in [0.3, 0.4) is 0 Å². The molecule has 7 nitrogen and oxygen atoms in total. The summed E-state index contributed by atoms with van der Waals surface area (Å²) < 4.78 is 21.5. The molecule has 0 spiro atoms. The third-order valence-corrected chi connectivity index (χ3v) is 4.57. The van der Waals surface area contributed by atoms with E-state index >= 15 is 0 Å². The molecule has 1 aromatic carbocycles. The van der Waals surface area contributed by atoms with Gasteiger partial charge in [-0.2, -0.15) is 4.98 Å². The van der Waals surface area contributed by atoms with Crippen molar-refractivity contribution in [2.75, 3.05) is 27.4 Å². The molecule has 1 aromatic heterocycles. The predicted octanol–water partition coefficient (Wildman–Crippen LogP) is 2.37. The Labute approximate surface area is 145 Å². The van der Waals surface area contributed by atoms with Gasteiger partial charge in [0, 0.05) is 18.9 Å². The van der Waals surface area contributed by atoms with Crippen molar-refractivity contribution < 1.29 is 18.7 Å². The quantitative estimate of drug-likeness (QED) is 0.852. The molecule has 2 heterocycles. The molecule has 0 saturated carbocycles. The van der Waals surface area contributed by atoms with E-state index in [9.17, 15) is 0 Å². The number of rotatable bonds is 6. The Morgan fingerprint density at radius 3 is 2.88 bits per heavy atom. The minimum absolute atomic E-state index is 0.211. The summed E-state index contributed by atoms with van der Waals surface area (Å²) in [7, 11) is 3.11. The van der Waals surface area contributed by atoms with E-state index in [0.717, 1.165) is 12.0 Å². The van der Waals surface area contributed by atoms with Gasteiger partial charge in [0.25, 0.3) is 5.89 Å². The number of nitrogens with zero attached hydrogens (tertiary/aromatic N) is 2. The number of hydrogen-bond donors (Lipinski definition) is 1. The summed E-state index contributed by atoms with van der Waals surface area (Å²) in [5, 5.41) is 4.50. The average Bonchev–Trinajstić information content (AvgIpc) is 3.24. The summed E-state index contributed by atoms with van der Waals surface area (Å²) in [6.45, 7) is 1.19. The van der Waals surface area contributed by atoms with Gasteiger partial charge in [0.2, 0.25) is 0 Å². The summed E-state index contributed by atoms with van der Waals surface area (Å²) in [6, 6.07) is 3.65. The van der Waals surface area contributed by atoms with Crippen LogP contribution in [0.1, 0.15) is 29.8 Å². The lowest BCUT2D eigenvalue weighted by Gasteiger charge is -2.12. The van der Waals surface area contributed by atoms with E-state index in [2.05, 4.69) is 10.1 Å². The van der Waals surface area contributed by atoms with Crippen molar-refractivity contribution >= 4 is 11.6 Å². The van der Waals surface area contributed by atoms with Gasteiger partial charge in [-0.15, -0.1) is 0 Å². The van der Waals surface area contributed by atoms with Gasteiger partial charge >= 0.3 is 0 Å². The van der Waals surface area contributed by atoms with Gasteiger partial charge in [-0.05, 0) is 24.6 Å². The highest BCUT2D eigenvalue weighted by molar-refractivity contribution is 6.33. The zero-order valence-corrected chi connectivity index (χ0v) is 14.4. The van der Waals surface area contributed by atoms with Crippen molar-refractivity contribution in [2.24, 2.45) is 11.7 Å². The molecule has 0 unspecified atom stereocenters. The van der Waals surface area contributed by atoms with Crippen LogP contribution in [-0.4, -0.2) is 37.5 Å². The van der Waals surface area contributed by atoms with E-state index in [1.807, 2.05) is 6.07 Å². The molecule has 130 valence electrons. The molecule has 1 aliphatic heterocycles. The molecule has 8 heteroatoms. The van der Waals surface area contributed by atoms with Crippen LogP contribution in [0, 0.1) is 5.92 Å². The Hall–Kier alpha value is -1.83. The van der Waals surface area contributed by atoms with Crippen molar-refractivity contribution in [1.29, 1.82) is 0 Å². The van der Waals surface area contributed by atoms with Gasteiger partial charge in [-0.25, -0.2) is 0 Å². The highest BCUT2D eigenvalue weighted by atomic mass is 35.5. The molecular weight excluding hydrogens is 334 g/mol. The van der Waals surface area contributed by atoms with Crippen LogP contribution >= 0.6 is 11.6 Å². The fourth-order valence-corrected chi connectivity index (χ4v) is 3.14. The highest BCUT2D eigenvalue weighted by Crippen LogP contribution is 2.38. The fourth-order valence-electron chi connectivity index (χ4n) is 2.84. The fraction of sp³-hybridized carbons (Fsp3) is 0.500. The van der Waals surface area contributed by atoms with Gasteiger partial charge < -0.3 is 24.5 Å². The van der Waals surface area contributed by atoms with Crippen LogP contribution < -0.4 is 15.2 Å². The Morgan fingerprint density at radius 1 is 1.33 bits per heavy atom. The number of ether oxygens (including phenoxy) is 3. The number of benzene rings is 1. The van der Waals surface area contributed by atoms with E-state index in [1.54, 1.807) is 20.3 Å².